The van der Waals surface area contributed by atoms with Gasteiger partial charge in [-0.15, -0.1) is 0 Å². The van der Waals surface area contributed by atoms with Gasteiger partial charge in [-0.05, 0) is 23.6 Å². The lowest BCUT2D eigenvalue weighted by Gasteiger charge is -1.98. The number of carbonyl (C=O) groups is 1. The van der Waals surface area contributed by atoms with Crippen LogP contribution in [0.15, 0.2) is 51.8 Å². The van der Waals surface area contributed by atoms with Gasteiger partial charge < -0.3 is 4.52 Å². The number of amides is 1. The molecule has 0 aliphatic heterocycles. The number of pyridine rings is 1. The molecule has 0 saturated carbocycles. The highest BCUT2D eigenvalue weighted by molar-refractivity contribution is 7.08. The van der Waals surface area contributed by atoms with Gasteiger partial charge in [-0.1, -0.05) is 11.2 Å². The Bertz CT molecular complexity index is 677. The van der Waals surface area contributed by atoms with E-state index in [0.29, 0.717) is 17.3 Å². The molecule has 19 heavy (non-hydrogen) atoms. The van der Waals surface area contributed by atoms with Gasteiger partial charge in [0.05, 0.1) is 0 Å². The predicted molar refractivity (Wildman–Crippen MR) is 72.0 cm³/mol. The summed E-state index contributed by atoms with van der Waals surface area (Å²) in [5, 5.41) is 10.4. The molecule has 0 saturated heterocycles. The summed E-state index contributed by atoms with van der Waals surface area (Å²) >= 11 is 1.58. The number of nitrogens with zero attached hydrogens (tertiary/aromatic N) is 2. The van der Waals surface area contributed by atoms with Crippen molar-refractivity contribution in [3.05, 3.63) is 53.0 Å². The van der Waals surface area contributed by atoms with E-state index in [-0.39, 0.29) is 5.91 Å². The zero-order chi connectivity index (χ0) is 13.1. The fraction of sp³-hybridized carbons (Fsp3) is 0. The molecule has 0 aliphatic rings. The molecule has 3 aromatic heterocycles. The van der Waals surface area contributed by atoms with Crippen LogP contribution in [-0.2, 0) is 0 Å². The Balaban J connectivity index is 1.76. The van der Waals surface area contributed by atoms with Crippen LogP contribution in [0, 0.1) is 0 Å². The average molecular weight is 271 g/mol. The van der Waals surface area contributed by atoms with Crippen molar-refractivity contribution in [3.8, 4) is 11.3 Å². The van der Waals surface area contributed by atoms with Gasteiger partial charge in [-0.2, -0.15) is 11.3 Å². The Morgan fingerprint density at radius 2 is 2.26 bits per heavy atom. The zero-order valence-electron chi connectivity index (χ0n) is 9.74. The van der Waals surface area contributed by atoms with E-state index in [1.807, 2.05) is 16.8 Å². The van der Waals surface area contributed by atoms with Crippen LogP contribution in [0.5, 0.6) is 0 Å². The molecule has 3 heterocycles. The Morgan fingerprint density at radius 1 is 1.32 bits per heavy atom. The lowest BCUT2D eigenvalue weighted by Crippen LogP contribution is -2.12. The molecule has 1 amide bonds. The van der Waals surface area contributed by atoms with Gasteiger partial charge in [0.25, 0.3) is 5.91 Å². The summed E-state index contributed by atoms with van der Waals surface area (Å²) in [7, 11) is 0. The van der Waals surface area contributed by atoms with Crippen molar-refractivity contribution >= 4 is 23.1 Å². The van der Waals surface area contributed by atoms with Gasteiger partial charge >= 0.3 is 0 Å². The lowest BCUT2D eigenvalue weighted by molar-refractivity contribution is 0.101. The Morgan fingerprint density at radius 3 is 3.00 bits per heavy atom. The summed E-state index contributed by atoms with van der Waals surface area (Å²) in [4.78, 5) is 15.8. The normalized spacial score (nSPS) is 10.3. The fourth-order valence-electron chi connectivity index (χ4n) is 1.55. The van der Waals surface area contributed by atoms with Gasteiger partial charge in [0.1, 0.15) is 11.4 Å². The molecular formula is C13H9N3O2S. The van der Waals surface area contributed by atoms with Gasteiger partial charge in [0.15, 0.2) is 0 Å². The Hall–Kier alpha value is -2.47. The number of carbonyl (C=O) groups excluding carboxylic acids is 1. The molecule has 1 N–H and O–H groups in total. The van der Waals surface area contributed by atoms with Crippen LogP contribution in [-0.4, -0.2) is 16.0 Å². The molecule has 0 aromatic carbocycles. The summed E-state index contributed by atoms with van der Waals surface area (Å²) in [5.41, 5.74) is 1.99. The van der Waals surface area contributed by atoms with Crippen LogP contribution in [0.3, 0.4) is 0 Å². The van der Waals surface area contributed by atoms with E-state index < -0.39 is 0 Å². The summed E-state index contributed by atoms with van der Waals surface area (Å²) < 4.78 is 5.08. The molecule has 3 aromatic rings. The largest absolute Gasteiger partial charge is 0.338 e. The molecule has 5 nitrogen and oxygen atoms in total. The number of hydrogen-bond acceptors (Lipinski definition) is 5. The molecule has 0 unspecified atom stereocenters. The first-order valence-corrected chi connectivity index (χ1v) is 6.49. The summed E-state index contributed by atoms with van der Waals surface area (Å²) in [6.07, 6.45) is 1.56. The van der Waals surface area contributed by atoms with Gasteiger partial charge in [-0.25, -0.2) is 0 Å². The van der Waals surface area contributed by atoms with E-state index in [4.69, 9.17) is 4.52 Å². The highest BCUT2D eigenvalue weighted by Gasteiger charge is 2.11. The quantitative estimate of drug-likeness (QED) is 0.795. The van der Waals surface area contributed by atoms with Crippen LogP contribution in [0.2, 0.25) is 0 Å². The second-order valence-electron chi connectivity index (χ2n) is 3.76. The van der Waals surface area contributed by atoms with E-state index in [0.717, 1.165) is 5.56 Å². The number of rotatable bonds is 3. The van der Waals surface area contributed by atoms with Crippen LogP contribution in [0.4, 0.5) is 5.88 Å². The maximum Gasteiger partial charge on any atom is 0.276 e. The average Bonchev–Trinajstić information content (AvgIpc) is 3.10. The summed E-state index contributed by atoms with van der Waals surface area (Å²) in [5.74, 6) is -0.0227. The van der Waals surface area contributed by atoms with Gasteiger partial charge in [0, 0.05) is 23.2 Å². The van der Waals surface area contributed by atoms with Crippen molar-refractivity contribution in [3.63, 3.8) is 0 Å². The number of thiophene rings is 1. The molecule has 3 rings (SSSR count). The van der Waals surface area contributed by atoms with Crippen LogP contribution < -0.4 is 5.32 Å². The van der Waals surface area contributed by atoms with Crippen LogP contribution in [0.25, 0.3) is 11.3 Å². The smallest absolute Gasteiger partial charge is 0.276 e. The van der Waals surface area contributed by atoms with Crippen LogP contribution in [0.1, 0.15) is 10.5 Å². The van der Waals surface area contributed by atoms with Crippen molar-refractivity contribution < 1.29 is 9.32 Å². The molecule has 0 bridgehead atoms. The second-order valence-corrected chi connectivity index (χ2v) is 4.54. The topological polar surface area (TPSA) is 68.0 Å². The Kier molecular flexibility index (Phi) is 3.07. The van der Waals surface area contributed by atoms with E-state index in [1.165, 1.54) is 0 Å². The fourth-order valence-corrected chi connectivity index (χ4v) is 2.20. The number of nitrogens with one attached hydrogen (secondary N) is 1. The summed E-state index contributed by atoms with van der Waals surface area (Å²) in [6, 6.07) is 8.75. The van der Waals surface area contributed by atoms with E-state index >= 15 is 0 Å². The van der Waals surface area contributed by atoms with Gasteiger partial charge in [0.2, 0.25) is 5.88 Å². The first-order valence-electron chi connectivity index (χ1n) is 5.54. The minimum absolute atomic E-state index is 0.303. The van der Waals surface area contributed by atoms with E-state index in [1.54, 1.807) is 41.8 Å². The summed E-state index contributed by atoms with van der Waals surface area (Å²) in [6.45, 7) is 0. The van der Waals surface area contributed by atoms with E-state index in [9.17, 15) is 4.79 Å². The maximum atomic E-state index is 11.9. The van der Waals surface area contributed by atoms with Crippen molar-refractivity contribution in [2.45, 2.75) is 0 Å². The number of anilines is 1. The van der Waals surface area contributed by atoms with Crippen molar-refractivity contribution in [2.24, 2.45) is 0 Å². The lowest BCUT2D eigenvalue weighted by atomic mass is 10.2. The molecular weight excluding hydrogens is 262 g/mol. The van der Waals surface area contributed by atoms with E-state index in [2.05, 4.69) is 15.5 Å². The van der Waals surface area contributed by atoms with Gasteiger partial charge in [-0.3, -0.25) is 15.1 Å². The molecule has 94 valence electrons. The molecule has 0 radical (unpaired) electrons. The highest BCUT2D eigenvalue weighted by Crippen LogP contribution is 2.23. The van der Waals surface area contributed by atoms with Crippen LogP contribution >= 0.6 is 11.3 Å². The van der Waals surface area contributed by atoms with Crippen molar-refractivity contribution in [1.29, 1.82) is 0 Å². The third-order valence-electron chi connectivity index (χ3n) is 2.46. The number of aromatic nitrogens is 2. The molecule has 0 aliphatic carbocycles. The molecule has 0 atom stereocenters. The Labute approximate surface area is 112 Å². The first kappa shape index (κ1) is 11.6. The minimum atomic E-state index is -0.325. The predicted octanol–water partition coefficient (Wildman–Crippen LogP) is 3.05. The SMILES string of the molecule is O=C(Nc1cc(-c2ccsc2)no1)c1ccccn1. The zero-order valence-corrected chi connectivity index (χ0v) is 10.6. The van der Waals surface area contributed by atoms with Crippen molar-refractivity contribution in [1.82, 2.24) is 10.1 Å². The highest BCUT2D eigenvalue weighted by atomic mass is 32.1. The standard InChI is InChI=1S/C13H9N3O2S/c17-13(10-3-1-2-5-14-10)15-12-7-11(16-18-12)9-4-6-19-8-9/h1-8H,(H,15,17). The van der Waals surface area contributed by atoms with Crippen molar-refractivity contribution in [2.75, 3.05) is 5.32 Å². The first-order chi connectivity index (χ1) is 9.33. The number of hydrogen-bond donors (Lipinski definition) is 1. The second kappa shape index (κ2) is 5.03. The maximum absolute atomic E-state index is 11.9. The molecule has 0 spiro atoms. The molecule has 0 fully saturated rings. The monoisotopic (exact) mass is 271 g/mol. The third-order valence-corrected chi connectivity index (χ3v) is 3.14. The minimum Gasteiger partial charge on any atom is -0.338 e. The third kappa shape index (κ3) is 2.53. The molecule has 6 heteroatoms.